The summed E-state index contributed by atoms with van der Waals surface area (Å²) in [5, 5.41) is 9.50. The molecule has 0 radical (unpaired) electrons. The molecule has 0 aliphatic rings. The zero-order chi connectivity index (χ0) is 16.4. The molecule has 0 bridgehead atoms. The number of benzene rings is 1. The average Bonchev–Trinajstić information content (AvgIpc) is 2.50. The van der Waals surface area contributed by atoms with Crippen LogP contribution in [0, 0.1) is 0 Å². The highest BCUT2D eigenvalue weighted by Gasteiger charge is 2.33. The van der Waals surface area contributed by atoms with Crippen LogP contribution in [0.4, 0.5) is 0 Å². The molecule has 0 aliphatic heterocycles. The summed E-state index contributed by atoms with van der Waals surface area (Å²) >= 11 is 0. The number of phenols is 1. The molecule has 0 fully saturated rings. The molecule has 0 heterocycles. The third-order valence-electron chi connectivity index (χ3n) is 3.19. The van der Waals surface area contributed by atoms with Gasteiger partial charge in [0.05, 0.1) is 5.92 Å². The number of hydrogen-bond donors (Lipinski definition) is 1. The first-order valence-electron chi connectivity index (χ1n) is 7.93. The molecular weight excluding hydrogens is 284 g/mol. The fraction of sp³-hybridized carbons (Fsp3) is 0.647. The van der Waals surface area contributed by atoms with Crippen LogP contribution in [0.25, 0.3) is 0 Å². The molecule has 126 valence electrons. The van der Waals surface area contributed by atoms with Crippen molar-refractivity contribution < 1.29 is 24.1 Å². The SMILES string of the molecule is CCOC(OCC)C(c1ccc(O)cc1)C(OCC)OCC. The topological polar surface area (TPSA) is 57.2 Å². The molecular formula is C17H28O5. The second-order valence-electron chi connectivity index (χ2n) is 4.68. The molecule has 1 rings (SSSR count). The Balaban J connectivity index is 3.12. The third kappa shape index (κ3) is 5.57. The largest absolute Gasteiger partial charge is 0.508 e. The van der Waals surface area contributed by atoms with Crippen LogP contribution in [0.15, 0.2) is 24.3 Å². The number of ether oxygens (including phenoxy) is 4. The summed E-state index contributed by atoms with van der Waals surface area (Å²) < 4.78 is 23.0. The standard InChI is InChI=1S/C17H28O5/c1-5-19-16(20-6-2)15(17(21-7-3)22-8-4)13-9-11-14(18)12-10-13/h9-12,15-18H,5-8H2,1-4H3. The minimum Gasteiger partial charge on any atom is -0.508 e. The van der Waals surface area contributed by atoms with Crippen molar-refractivity contribution in [2.75, 3.05) is 26.4 Å². The van der Waals surface area contributed by atoms with Crippen molar-refractivity contribution in [3.05, 3.63) is 29.8 Å². The molecule has 0 saturated heterocycles. The number of rotatable bonds is 11. The minimum absolute atomic E-state index is 0.219. The van der Waals surface area contributed by atoms with Crippen LogP contribution < -0.4 is 0 Å². The van der Waals surface area contributed by atoms with E-state index in [4.69, 9.17) is 18.9 Å². The molecule has 0 amide bonds. The predicted molar refractivity (Wildman–Crippen MR) is 84.9 cm³/mol. The van der Waals surface area contributed by atoms with Crippen molar-refractivity contribution in [2.45, 2.75) is 46.2 Å². The third-order valence-corrected chi connectivity index (χ3v) is 3.19. The Morgan fingerprint density at radius 3 is 1.41 bits per heavy atom. The Kier molecular flexibility index (Phi) is 9.08. The molecule has 22 heavy (non-hydrogen) atoms. The van der Waals surface area contributed by atoms with Crippen LogP contribution in [-0.2, 0) is 18.9 Å². The van der Waals surface area contributed by atoms with Crippen molar-refractivity contribution >= 4 is 0 Å². The van der Waals surface area contributed by atoms with E-state index >= 15 is 0 Å². The summed E-state index contributed by atoms with van der Waals surface area (Å²) in [4.78, 5) is 0. The average molecular weight is 312 g/mol. The summed E-state index contributed by atoms with van der Waals surface area (Å²) in [6.45, 7) is 9.84. The summed E-state index contributed by atoms with van der Waals surface area (Å²) in [7, 11) is 0. The van der Waals surface area contributed by atoms with Crippen molar-refractivity contribution in [1.82, 2.24) is 0 Å². The van der Waals surface area contributed by atoms with Gasteiger partial charge in [0.1, 0.15) is 5.75 Å². The quantitative estimate of drug-likeness (QED) is 0.636. The minimum atomic E-state index is -0.470. The Labute approximate surface area is 133 Å². The maximum Gasteiger partial charge on any atom is 0.169 e. The molecule has 1 aromatic carbocycles. The lowest BCUT2D eigenvalue weighted by Crippen LogP contribution is -2.37. The van der Waals surface area contributed by atoms with Crippen LogP contribution in [0.3, 0.4) is 0 Å². The van der Waals surface area contributed by atoms with Gasteiger partial charge in [0.25, 0.3) is 0 Å². The molecule has 1 N–H and O–H groups in total. The number of hydrogen-bond acceptors (Lipinski definition) is 5. The highest BCUT2D eigenvalue weighted by molar-refractivity contribution is 5.29. The Morgan fingerprint density at radius 2 is 1.09 bits per heavy atom. The normalized spacial score (nSPS) is 11.8. The van der Waals surface area contributed by atoms with Gasteiger partial charge in [0.15, 0.2) is 12.6 Å². The van der Waals surface area contributed by atoms with E-state index in [0.29, 0.717) is 26.4 Å². The van der Waals surface area contributed by atoms with Gasteiger partial charge < -0.3 is 24.1 Å². The highest BCUT2D eigenvalue weighted by Crippen LogP contribution is 2.30. The predicted octanol–water partition coefficient (Wildman–Crippen LogP) is 3.27. The van der Waals surface area contributed by atoms with E-state index in [0.717, 1.165) is 5.56 Å². The Bertz CT molecular complexity index is 365. The molecule has 0 saturated carbocycles. The van der Waals surface area contributed by atoms with Crippen molar-refractivity contribution in [2.24, 2.45) is 0 Å². The lowest BCUT2D eigenvalue weighted by Gasteiger charge is -2.33. The molecule has 0 unspecified atom stereocenters. The van der Waals surface area contributed by atoms with Gasteiger partial charge in [-0.1, -0.05) is 12.1 Å². The Hall–Kier alpha value is -1.14. The smallest absolute Gasteiger partial charge is 0.169 e. The van der Waals surface area contributed by atoms with Gasteiger partial charge >= 0.3 is 0 Å². The van der Waals surface area contributed by atoms with E-state index in [1.165, 1.54) is 0 Å². The van der Waals surface area contributed by atoms with Gasteiger partial charge in [-0.15, -0.1) is 0 Å². The molecule has 5 nitrogen and oxygen atoms in total. The lowest BCUT2D eigenvalue weighted by molar-refractivity contribution is -0.223. The van der Waals surface area contributed by atoms with E-state index < -0.39 is 12.6 Å². The first-order valence-corrected chi connectivity index (χ1v) is 7.93. The maximum atomic E-state index is 9.50. The molecule has 1 aromatic rings. The molecule has 5 heteroatoms. The van der Waals surface area contributed by atoms with Gasteiger partial charge in [-0.2, -0.15) is 0 Å². The Morgan fingerprint density at radius 1 is 0.727 bits per heavy atom. The first kappa shape index (κ1) is 18.9. The zero-order valence-electron chi connectivity index (χ0n) is 14.0. The molecule has 0 spiro atoms. The van der Waals surface area contributed by atoms with Crippen LogP contribution in [0.1, 0.15) is 39.2 Å². The highest BCUT2D eigenvalue weighted by atomic mass is 16.7. The fourth-order valence-corrected chi connectivity index (χ4v) is 2.31. The second kappa shape index (κ2) is 10.6. The monoisotopic (exact) mass is 312 g/mol. The summed E-state index contributed by atoms with van der Waals surface area (Å²) in [6, 6.07) is 6.98. The van der Waals surface area contributed by atoms with E-state index in [2.05, 4.69) is 0 Å². The van der Waals surface area contributed by atoms with E-state index in [1.807, 2.05) is 39.8 Å². The first-order chi connectivity index (χ1) is 10.7. The van der Waals surface area contributed by atoms with Crippen LogP contribution in [-0.4, -0.2) is 44.1 Å². The van der Waals surface area contributed by atoms with Gasteiger partial charge in [-0.3, -0.25) is 0 Å². The van der Waals surface area contributed by atoms with Gasteiger partial charge in [0.2, 0.25) is 0 Å². The maximum absolute atomic E-state index is 9.50. The summed E-state index contributed by atoms with van der Waals surface area (Å²) in [5.74, 6) is -0.0170. The van der Waals surface area contributed by atoms with E-state index in [1.54, 1.807) is 12.1 Å². The second-order valence-corrected chi connectivity index (χ2v) is 4.68. The summed E-state index contributed by atoms with van der Waals surface area (Å²) in [6.07, 6.45) is -0.940. The van der Waals surface area contributed by atoms with Crippen LogP contribution in [0.2, 0.25) is 0 Å². The van der Waals surface area contributed by atoms with Gasteiger partial charge in [-0.05, 0) is 45.4 Å². The fourth-order valence-electron chi connectivity index (χ4n) is 2.31. The number of phenolic OH excluding ortho intramolecular Hbond substituents is 1. The van der Waals surface area contributed by atoms with Crippen LogP contribution >= 0.6 is 0 Å². The number of aromatic hydroxyl groups is 1. The van der Waals surface area contributed by atoms with Gasteiger partial charge in [-0.25, -0.2) is 0 Å². The van der Waals surface area contributed by atoms with Crippen molar-refractivity contribution in [3.8, 4) is 5.75 Å². The summed E-state index contributed by atoms with van der Waals surface area (Å²) in [5.41, 5.74) is 0.941. The zero-order valence-corrected chi connectivity index (χ0v) is 14.0. The van der Waals surface area contributed by atoms with Crippen LogP contribution in [0.5, 0.6) is 5.75 Å². The van der Waals surface area contributed by atoms with E-state index in [-0.39, 0.29) is 11.7 Å². The van der Waals surface area contributed by atoms with Crippen molar-refractivity contribution in [1.29, 1.82) is 0 Å². The molecule has 0 atom stereocenters. The molecule has 0 aromatic heterocycles. The van der Waals surface area contributed by atoms with Gasteiger partial charge in [0, 0.05) is 26.4 Å². The van der Waals surface area contributed by atoms with E-state index in [9.17, 15) is 5.11 Å². The lowest BCUT2D eigenvalue weighted by atomic mass is 9.97. The van der Waals surface area contributed by atoms with Crippen molar-refractivity contribution in [3.63, 3.8) is 0 Å². The molecule has 0 aliphatic carbocycles.